The third kappa shape index (κ3) is 0.881. The number of hydrogen-bond donors (Lipinski definition) is 0. The van der Waals surface area contributed by atoms with Crippen LogP contribution >= 0.6 is 0 Å². The minimum atomic E-state index is 0.946. The second kappa shape index (κ2) is 2.55. The Labute approximate surface area is 71.4 Å². The highest BCUT2D eigenvalue weighted by atomic mass is 16.5. The van der Waals surface area contributed by atoms with Gasteiger partial charge in [-0.25, -0.2) is 0 Å². The zero-order valence-electron chi connectivity index (χ0n) is 7.24. The van der Waals surface area contributed by atoms with Crippen LogP contribution in [0.4, 0.5) is 0 Å². The Morgan fingerprint density at radius 3 is 2.83 bits per heavy atom. The molecule has 2 aromatic rings. The summed E-state index contributed by atoms with van der Waals surface area (Å²) in [7, 11) is 1.70. The van der Waals surface area contributed by atoms with Crippen molar-refractivity contribution in [3.63, 3.8) is 0 Å². The van der Waals surface area contributed by atoms with Crippen LogP contribution in [0.25, 0.3) is 5.52 Å². The van der Waals surface area contributed by atoms with Gasteiger partial charge in [0.15, 0.2) is 0 Å². The molecule has 0 radical (unpaired) electrons. The van der Waals surface area contributed by atoms with Gasteiger partial charge in [-0.2, -0.15) is 0 Å². The molecule has 0 aromatic carbocycles. The summed E-state index contributed by atoms with van der Waals surface area (Å²) < 4.78 is 7.32. The van der Waals surface area contributed by atoms with E-state index >= 15 is 0 Å². The largest absolute Gasteiger partial charge is 0.495 e. The molecule has 0 bridgehead atoms. The van der Waals surface area contributed by atoms with Gasteiger partial charge in [0, 0.05) is 17.8 Å². The maximum atomic E-state index is 5.21. The predicted molar refractivity (Wildman–Crippen MR) is 48.7 cm³/mol. The fraction of sp³-hybridized carbons (Fsp3) is 0.200. The van der Waals surface area contributed by atoms with Gasteiger partial charge in [0.05, 0.1) is 12.8 Å². The van der Waals surface area contributed by atoms with Crippen LogP contribution in [0.15, 0.2) is 30.5 Å². The molecule has 0 aliphatic heterocycles. The molecule has 62 valence electrons. The molecule has 0 amide bonds. The lowest BCUT2D eigenvalue weighted by Crippen LogP contribution is -1.87. The van der Waals surface area contributed by atoms with Crippen molar-refractivity contribution in [3.05, 3.63) is 36.2 Å². The fourth-order valence-electron chi connectivity index (χ4n) is 1.44. The second-order valence-electron chi connectivity index (χ2n) is 2.79. The number of aromatic nitrogens is 1. The van der Waals surface area contributed by atoms with Gasteiger partial charge in [-0.3, -0.25) is 0 Å². The number of methoxy groups -OCH3 is 1. The van der Waals surface area contributed by atoms with Crippen molar-refractivity contribution < 1.29 is 4.74 Å². The van der Waals surface area contributed by atoms with Gasteiger partial charge in [-0.15, -0.1) is 0 Å². The van der Waals surface area contributed by atoms with E-state index < -0.39 is 0 Å². The Bertz CT molecular complexity index is 403. The molecule has 0 atom stereocenters. The number of fused-ring (bicyclic) bond motifs is 1. The third-order valence-electron chi connectivity index (χ3n) is 2.11. The zero-order valence-corrected chi connectivity index (χ0v) is 7.24. The van der Waals surface area contributed by atoms with Crippen molar-refractivity contribution in [2.24, 2.45) is 0 Å². The van der Waals surface area contributed by atoms with Gasteiger partial charge in [0.2, 0.25) is 0 Å². The minimum Gasteiger partial charge on any atom is -0.495 e. The van der Waals surface area contributed by atoms with Gasteiger partial charge < -0.3 is 9.14 Å². The lowest BCUT2D eigenvalue weighted by molar-refractivity contribution is 0.411. The first-order valence-electron chi connectivity index (χ1n) is 3.93. The highest BCUT2D eigenvalue weighted by Gasteiger charge is 2.03. The van der Waals surface area contributed by atoms with Crippen LogP contribution < -0.4 is 4.74 Å². The number of rotatable bonds is 1. The lowest BCUT2D eigenvalue weighted by atomic mass is 10.4. The average Bonchev–Trinajstić information content (AvgIpc) is 2.44. The third-order valence-corrected chi connectivity index (χ3v) is 2.11. The van der Waals surface area contributed by atoms with Crippen molar-refractivity contribution in [2.75, 3.05) is 7.11 Å². The Kier molecular flexibility index (Phi) is 1.54. The summed E-state index contributed by atoms with van der Waals surface area (Å²) in [6.07, 6.45) is 2.03. The van der Waals surface area contributed by atoms with Crippen LogP contribution in [-0.2, 0) is 0 Å². The van der Waals surface area contributed by atoms with E-state index in [1.54, 1.807) is 7.11 Å². The summed E-state index contributed by atoms with van der Waals surface area (Å²) in [5.74, 6) is 0.946. The molecule has 0 saturated carbocycles. The smallest absolute Gasteiger partial charge is 0.140 e. The van der Waals surface area contributed by atoms with Gasteiger partial charge in [-0.1, -0.05) is 6.07 Å². The van der Waals surface area contributed by atoms with E-state index in [9.17, 15) is 0 Å². The molecule has 2 heteroatoms. The molecule has 2 aromatic heterocycles. The topological polar surface area (TPSA) is 13.6 Å². The summed E-state index contributed by atoms with van der Waals surface area (Å²) in [4.78, 5) is 0. The van der Waals surface area contributed by atoms with Crippen LogP contribution in [0.2, 0.25) is 0 Å². The number of hydrogen-bond acceptors (Lipinski definition) is 1. The summed E-state index contributed by atoms with van der Waals surface area (Å²) in [5, 5.41) is 0. The summed E-state index contributed by atoms with van der Waals surface area (Å²) in [6.45, 7) is 2.05. The first-order valence-corrected chi connectivity index (χ1v) is 3.93. The van der Waals surface area contributed by atoms with E-state index in [2.05, 4.69) is 10.5 Å². The second-order valence-corrected chi connectivity index (χ2v) is 2.79. The van der Waals surface area contributed by atoms with Crippen molar-refractivity contribution in [2.45, 2.75) is 6.92 Å². The highest BCUT2D eigenvalue weighted by Crippen LogP contribution is 2.22. The number of pyridine rings is 1. The number of aryl methyl sites for hydroxylation is 1. The normalized spacial score (nSPS) is 10.5. The van der Waals surface area contributed by atoms with Crippen LogP contribution in [0, 0.1) is 6.92 Å². The molecule has 0 unspecified atom stereocenters. The first-order chi connectivity index (χ1) is 5.83. The van der Waals surface area contributed by atoms with E-state index in [-0.39, 0.29) is 0 Å². The molecule has 0 fully saturated rings. The Balaban J connectivity index is 2.78. The molecule has 2 rings (SSSR count). The van der Waals surface area contributed by atoms with E-state index in [0.717, 1.165) is 11.4 Å². The molecule has 2 heterocycles. The van der Waals surface area contributed by atoms with Crippen LogP contribution in [0.1, 0.15) is 5.69 Å². The van der Waals surface area contributed by atoms with Crippen molar-refractivity contribution in [3.8, 4) is 5.75 Å². The first kappa shape index (κ1) is 7.22. The lowest BCUT2D eigenvalue weighted by Gasteiger charge is -1.97. The molecule has 0 aliphatic rings. The Morgan fingerprint density at radius 1 is 1.33 bits per heavy atom. The SMILES string of the molecule is COc1cc2ccccn2c1C. The average molecular weight is 161 g/mol. The Morgan fingerprint density at radius 2 is 2.17 bits per heavy atom. The highest BCUT2D eigenvalue weighted by molar-refractivity contribution is 5.55. The number of ether oxygens (including phenoxy) is 1. The fourth-order valence-corrected chi connectivity index (χ4v) is 1.44. The predicted octanol–water partition coefficient (Wildman–Crippen LogP) is 2.26. The van der Waals surface area contributed by atoms with Gasteiger partial charge in [-0.05, 0) is 19.1 Å². The van der Waals surface area contributed by atoms with E-state index in [1.807, 2.05) is 31.3 Å². The van der Waals surface area contributed by atoms with Gasteiger partial charge in [0.1, 0.15) is 5.75 Å². The molecular weight excluding hydrogens is 150 g/mol. The standard InChI is InChI=1S/C10H11NO/c1-8-10(12-2)7-9-5-3-4-6-11(8)9/h3-7H,1-2H3. The zero-order chi connectivity index (χ0) is 8.55. The molecule has 0 saturated heterocycles. The molecule has 12 heavy (non-hydrogen) atoms. The van der Waals surface area contributed by atoms with E-state index in [1.165, 1.54) is 5.52 Å². The molecule has 0 aliphatic carbocycles. The molecular formula is C10H11NO. The quantitative estimate of drug-likeness (QED) is 0.625. The monoisotopic (exact) mass is 161 g/mol. The molecule has 2 nitrogen and oxygen atoms in total. The summed E-state index contributed by atoms with van der Waals surface area (Å²) in [6, 6.07) is 8.14. The minimum absolute atomic E-state index is 0.946. The van der Waals surface area contributed by atoms with Crippen molar-refractivity contribution in [1.29, 1.82) is 0 Å². The van der Waals surface area contributed by atoms with Gasteiger partial charge >= 0.3 is 0 Å². The summed E-state index contributed by atoms with van der Waals surface area (Å²) in [5.41, 5.74) is 2.32. The van der Waals surface area contributed by atoms with Crippen LogP contribution in [-0.4, -0.2) is 11.5 Å². The summed E-state index contributed by atoms with van der Waals surface area (Å²) >= 11 is 0. The van der Waals surface area contributed by atoms with Crippen molar-refractivity contribution >= 4 is 5.52 Å². The molecule has 0 N–H and O–H groups in total. The maximum absolute atomic E-state index is 5.21. The van der Waals surface area contributed by atoms with Crippen molar-refractivity contribution in [1.82, 2.24) is 4.40 Å². The van der Waals surface area contributed by atoms with Crippen LogP contribution in [0.3, 0.4) is 0 Å². The molecule has 0 spiro atoms. The van der Waals surface area contributed by atoms with E-state index in [0.29, 0.717) is 0 Å². The Hall–Kier alpha value is -1.44. The van der Waals surface area contributed by atoms with E-state index in [4.69, 9.17) is 4.74 Å². The number of nitrogens with zero attached hydrogens (tertiary/aromatic N) is 1. The van der Waals surface area contributed by atoms with Crippen LogP contribution in [0.5, 0.6) is 5.75 Å². The maximum Gasteiger partial charge on any atom is 0.140 e. The van der Waals surface area contributed by atoms with Gasteiger partial charge in [0.25, 0.3) is 0 Å².